The van der Waals surface area contributed by atoms with Crippen molar-refractivity contribution in [1.82, 2.24) is 10.6 Å². The second-order valence-electron chi connectivity index (χ2n) is 2.48. The first kappa shape index (κ1) is 9.25. The molecular weight excluding hydrogens is 168 g/mol. The molecule has 0 bridgehead atoms. The first-order chi connectivity index (χ1) is 6.20. The van der Waals surface area contributed by atoms with Gasteiger partial charge in [0.05, 0.1) is 0 Å². The van der Waals surface area contributed by atoms with Gasteiger partial charge < -0.3 is 5.32 Å². The molecule has 13 heavy (non-hydrogen) atoms. The van der Waals surface area contributed by atoms with Crippen molar-refractivity contribution in [3.63, 3.8) is 0 Å². The molecule has 0 spiro atoms. The Labute approximate surface area is 76.0 Å². The number of carbonyl (C=O) groups is 2. The quantitative estimate of drug-likeness (QED) is 0.603. The fourth-order valence-corrected chi connectivity index (χ4v) is 0.826. The van der Waals surface area contributed by atoms with E-state index in [1.54, 1.807) is 30.5 Å². The van der Waals surface area contributed by atoms with E-state index in [2.05, 4.69) is 10.6 Å². The smallest absolute Gasteiger partial charge is 0.274 e. The first-order valence-corrected chi connectivity index (χ1v) is 3.82. The van der Waals surface area contributed by atoms with Crippen LogP contribution in [0, 0.1) is 0 Å². The van der Waals surface area contributed by atoms with Gasteiger partial charge in [0.1, 0.15) is 5.70 Å². The third-order valence-corrected chi connectivity index (χ3v) is 1.35. The van der Waals surface area contributed by atoms with Gasteiger partial charge in [0.25, 0.3) is 5.91 Å². The van der Waals surface area contributed by atoms with Crippen LogP contribution in [0.15, 0.2) is 36.2 Å². The largest absolute Gasteiger partial charge is 0.357 e. The molecule has 1 aliphatic rings. The second-order valence-corrected chi connectivity index (χ2v) is 2.48. The zero-order valence-corrected chi connectivity index (χ0v) is 7.20. The van der Waals surface area contributed by atoms with Crippen molar-refractivity contribution in [2.24, 2.45) is 0 Å². The molecule has 0 radical (unpaired) electrons. The zero-order chi connectivity index (χ0) is 9.68. The molecule has 0 aliphatic carbocycles. The summed E-state index contributed by atoms with van der Waals surface area (Å²) in [6, 6.07) is 0. The van der Waals surface area contributed by atoms with E-state index in [0.717, 1.165) is 0 Å². The summed E-state index contributed by atoms with van der Waals surface area (Å²) in [5.41, 5.74) is 0.347. The van der Waals surface area contributed by atoms with Crippen LogP contribution in [0.1, 0.15) is 6.92 Å². The number of amides is 2. The molecule has 1 heterocycles. The van der Waals surface area contributed by atoms with E-state index >= 15 is 0 Å². The van der Waals surface area contributed by atoms with Crippen LogP contribution in [0.5, 0.6) is 0 Å². The molecule has 0 aromatic rings. The Kier molecular flexibility index (Phi) is 3.03. The number of carbonyl (C=O) groups excluding carboxylic acids is 2. The molecule has 2 amide bonds. The predicted molar refractivity (Wildman–Crippen MR) is 48.3 cm³/mol. The number of imide groups is 1. The molecule has 4 heteroatoms. The molecule has 0 fully saturated rings. The predicted octanol–water partition coefficient (Wildman–Crippen LogP) is 0.206. The minimum absolute atomic E-state index is 0.347. The molecule has 1 rings (SSSR count). The maximum atomic E-state index is 11.2. The molecule has 0 atom stereocenters. The number of rotatable bonds is 1. The summed E-state index contributed by atoms with van der Waals surface area (Å²) in [4.78, 5) is 21.8. The van der Waals surface area contributed by atoms with Crippen LogP contribution in [0.2, 0.25) is 0 Å². The lowest BCUT2D eigenvalue weighted by atomic mass is 10.3. The highest BCUT2D eigenvalue weighted by atomic mass is 16.2. The molecule has 0 aromatic carbocycles. The zero-order valence-electron chi connectivity index (χ0n) is 7.20. The summed E-state index contributed by atoms with van der Waals surface area (Å²) in [5, 5.41) is 4.90. The van der Waals surface area contributed by atoms with Crippen molar-refractivity contribution in [3.05, 3.63) is 36.2 Å². The van der Waals surface area contributed by atoms with Crippen LogP contribution in [-0.4, -0.2) is 11.8 Å². The van der Waals surface area contributed by atoms with Gasteiger partial charge in [0.15, 0.2) is 0 Å². The van der Waals surface area contributed by atoms with Gasteiger partial charge in [-0.3, -0.25) is 14.9 Å². The average molecular weight is 178 g/mol. The summed E-state index contributed by atoms with van der Waals surface area (Å²) < 4.78 is 0. The van der Waals surface area contributed by atoms with Crippen molar-refractivity contribution >= 4 is 11.8 Å². The molecule has 1 aliphatic heterocycles. The Morgan fingerprint density at radius 2 is 2.08 bits per heavy atom. The van der Waals surface area contributed by atoms with Gasteiger partial charge >= 0.3 is 0 Å². The molecule has 0 saturated heterocycles. The van der Waals surface area contributed by atoms with Crippen molar-refractivity contribution in [1.29, 1.82) is 0 Å². The van der Waals surface area contributed by atoms with Crippen LogP contribution in [0.4, 0.5) is 0 Å². The van der Waals surface area contributed by atoms with Gasteiger partial charge in [-0.05, 0) is 12.2 Å². The molecule has 4 nitrogen and oxygen atoms in total. The van der Waals surface area contributed by atoms with Crippen LogP contribution in [0.3, 0.4) is 0 Å². The standard InChI is InChI=1S/C9H10N2O2/c1-7(12)11-9(13)8-5-3-2-4-6-10-8/h2-6,10H,1H3,(H,11,12,13). The van der Waals surface area contributed by atoms with E-state index in [4.69, 9.17) is 0 Å². The van der Waals surface area contributed by atoms with Gasteiger partial charge in [-0.2, -0.15) is 0 Å². The van der Waals surface area contributed by atoms with Crippen LogP contribution < -0.4 is 10.6 Å². The molecule has 68 valence electrons. The van der Waals surface area contributed by atoms with Crippen LogP contribution >= 0.6 is 0 Å². The summed E-state index contributed by atoms with van der Waals surface area (Å²) in [6.07, 6.45) is 8.46. The van der Waals surface area contributed by atoms with E-state index in [-0.39, 0.29) is 5.91 Å². The van der Waals surface area contributed by atoms with E-state index < -0.39 is 5.91 Å². The Bertz CT molecular complexity index is 314. The third-order valence-electron chi connectivity index (χ3n) is 1.35. The summed E-state index contributed by atoms with van der Waals surface area (Å²) in [7, 11) is 0. The van der Waals surface area contributed by atoms with Gasteiger partial charge in [-0.25, -0.2) is 0 Å². The normalized spacial score (nSPS) is 14.1. The topological polar surface area (TPSA) is 58.2 Å². The highest BCUT2D eigenvalue weighted by molar-refractivity contribution is 6.03. The number of allylic oxidation sites excluding steroid dienone is 4. The van der Waals surface area contributed by atoms with Crippen molar-refractivity contribution in [2.45, 2.75) is 6.92 Å². The average Bonchev–Trinajstić information content (AvgIpc) is 2.29. The molecule has 2 N–H and O–H groups in total. The van der Waals surface area contributed by atoms with E-state index in [1.165, 1.54) is 6.92 Å². The van der Waals surface area contributed by atoms with E-state index in [9.17, 15) is 9.59 Å². The Hall–Kier alpha value is -1.84. The number of hydrogen-bond acceptors (Lipinski definition) is 3. The van der Waals surface area contributed by atoms with Crippen molar-refractivity contribution in [2.75, 3.05) is 0 Å². The lowest BCUT2D eigenvalue weighted by Gasteiger charge is -2.04. The van der Waals surface area contributed by atoms with Crippen LogP contribution in [0.25, 0.3) is 0 Å². The maximum absolute atomic E-state index is 11.2. The Morgan fingerprint density at radius 1 is 1.31 bits per heavy atom. The summed E-state index contributed by atoms with van der Waals surface area (Å²) in [6.45, 7) is 1.29. The van der Waals surface area contributed by atoms with Gasteiger partial charge in [-0.1, -0.05) is 12.2 Å². The minimum atomic E-state index is -0.427. The lowest BCUT2D eigenvalue weighted by Crippen LogP contribution is -2.33. The number of hydrogen-bond donors (Lipinski definition) is 2. The first-order valence-electron chi connectivity index (χ1n) is 3.82. The monoisotopic (exact) mass is 178 g/mol. The third kappa shape index (κ3) is 2.94. The Balaban J connectivity index is 2.66. The second kappa shape index (κ2) is 4.25. The highest BCUT2D eigenvalue weighted by Gasteiger charge is 2.08. The van der Waals surface area contributed by atoms with Gasteiger partial charge in [0.2, 0.25) is 5.91 Å². The molecule has 0 unspecified atom stereocenters. The Morgan fingerprint density at radius 3 is 2.77 bits per heavy atom. The van der Waals surface area contributed by atoms with Crippen molar-refractivity contribution in [3.8, 4) is 0 Å². The minimum Gasteiger partial charge on any atom is -0.357 e. The number of nitrogens with one attached hydrogen (secondary N) is 2. The fourth-order valence-electron chi connectivity index (χ4n) is 0.826. The molecule has 0 saturated carbocycles. The lowest BCUT2D eigenvalue weighted by molar-refractivity contribution is -0.127. The summed E-state index contributed by atoms with van der Waals surface area (Å²) >= 11 is 0. The SMILES string of the molecule is CC(=O)NC(=O)C1=CC=CC=CN1. The highest BCUT2D eigenvalue weighted by Crippen LogP contribution is 1.95. The molecular formula is C9H10N2O2. The maximum Gasteiger partial charge on any atom is 0.274 e. The fraction of sp³-hybridized carbons (Fsp3) is 0.111. The van der Waals surface area contributed by atoms with Gasteiger partial charge in [0, 0.05) is 13.1 Å². The van der Waals surface area contributed by atoms with Crippen molar-refractivity contribution < 1.29 is 9.59 Å². The summed E-state index contributed by atoms with van der Waals surface area (Å²) in [5.74, 6) is -0.798. The molecule has 0 aromatic heterocycles. The van der Waals surface area contributed by atoms with Gasteiger partial charge in [-0.15, -0.1) is 0 Å². The van der Waals surface area contributed by atoms with Crippen LogP contribution in [-0.2, 0) is 9.59 Å². The van der Waals surface area contributed by atoms with E-state index in [1.807, 2.05) is 0 Å². The van der Waals surface area contributed by atoms with E-state index in [0.29, 0.717) is 5.70 Å².